The number of thioether (sulfide) groups is 1. The topological polar surface area (TPSA) is 103 Å². The average molecular weight is 395 g/mol. The van der Waals surface area contributed by atoms with Crippen LogP contribution in [0.25, 0.3) is 0 Å². The van der Waals surface area contributed by atoms with Crippen LogP contribution in [-0.4, -0.2) is 32.3 Å². The smallest absolute Gasteiger partial charge is 0.316 e. The maximum Gasteiger partial charge on any atom is 0.316 e. The number of nitrogens with one attached hydrogen (secondary N) is 1. The summed E-state index contributed by atoms with van der Waals surface area (Å²) in [6, 6.07) is 16.1. The highest BCUT2D eigenvalue weighted by atomic mass is 32.2. The molecule has 0 aliphatic heterocycles. The van der Waals surface area contributed by atoms with Crippen molar-refractivity contribution < 1.29 is 9.59 Å². The fourth-order valence-electron chi connectivity index (χ4n) is 2.75. The number of hydrogen-bond acceptors (Lipinski definition) is 5. The van der Waals surface area contributed by atoms with E-state index in [1.165, 1.54) is 17.3 Å². The molecule has 3 rings (SSSR count). The minimum absolute atomic E-state index is 0.0223. The lowest BCUT2D eigenvalue weighted by atomic mass is 10.1. The summed E-state index contributed by atoms with van der Waals surface area (Å²) in [5, 5.41) is 11.8. The van der Waals surface area contributed by atoms with Gasteiger partial charge in [-0.25, -0.2) is 4.79 Å². The standard InChI is InChI=1S/C20H21N5O2S/c1-2-25-18(12-14-6-4-3-5-7-14)23-24-20(25)28-13-17(26)15-8-10-16(11-9-15)22-19(21)27/h3-11H,2,12-13H2,1H3,(H3,21,22,27). The number of anilines is 1. The Hall–Kier alpha value is -3.13. The highest BCUT2D eigenvalue weighted by Crippen LogP contribution is 2.20. The fraction of sp³-hybridized carbons (Fsp3) is 0.200. The largest absolute Gasteiger partial charge is 0.351 e. The van der Waals surface area contributed by atoms with Crippen LogP contribution < -0.4 is 11.1 Å². The van der Waals surface area contributed by atoms with Gasteiger partial charge >= 0.3 is 6.03 Å². The molecule has 0 atom stereocenters. The zero-order valence-corrected chi connectivity index (χ0v) is 16.3. The van der Waals surface area contributed by atoms with E-state index < -0.39 is 6.03 Å². The number of aromatic nitrogens is 3. The molecule has 0 aliphatic rings. The summed E-state index contributed by atoms with van der Waals surface area (Å²) in [6.45, 7) is 2.77. The van der Waals surface area contributed by atoms with Crippen LogP contribution in [0.2, 0.25) is 0 Å². The minimum atomic E-state index is -0.639. The summed E-state index contributed by atoms with van der Waals surface area (Å²) in [5.41, 5.74) is 7.36. The van der Waals surface area contributed by atoms with Crippen molar-refractivity contribution in [3.8, 4) is 0 Å². The number of amides is 2. The first-order chi connectivity index (χ1) is 13.6. The van der Waals surface area contributed by atoms with Crippen molar-refractivity contribution >= 4 is 29.3 Å². The lowest BCUT2D eigenvalue weighted by Gasteiger charge is -2.07. The van der Waals surface area contributed by atoms with Crippen molar-refractivity contribution in [1.82, 2.24) is 14.8 Å². The number of nitrogens with two attached hydrogens (primary N) is 1. The van der Waals surface area contributed by atoms with E-state index in [0.29, 0.717) is 17.7 Å². The van der Waals surface area contributed by atoms with Crippen molar-refractivity contribution in [3.63, 3.8) is 0 Å². The molecular formula is C20H21N5O2S. The molecule has 7 nitrogen and oxygen atoms in total. The maximum atomic E-state index is 12.5. The average Bonchev–Trinajstić information content (AvgIpc) is 3.08. The molecule has 2 aromatic carbocycles. The van der Waals surface area contributed by atoms with E-state index in [2.05, 4.69) is 27.6 Å². The predicted molar refractivity (Wildman–Crippen MR) is 110 cm³/mol. The number of urea groups is 1. The molecule has 28 heavy (non-hydrogen) atoms. The molecule has 3 N–H and O–H groups in total. The molecule has 8 heteroatoms. The van der Waals surface area contributed by atoms with E-state index in [-0.39, 0.29) is 11.5 Å². The highest BCUT2D eigenvalue weighted by Gasteiger charge is 2.14. The van der Waals surface area contributed by atoms with Crippen LogP contribution in [0.3, 0.4) is 0 Å². The molecule has 1 aromatic heterocycles. The summed E-state index contributed by atoms with van der Waals surface area (Å²) in [5.74, 6) is 1.11. The summed E-state index contributed by atoms with van der Waals surface area (Å²) in [4.78, 5) is 23.3. The Balaban J connectivity index is 1.64. The van der Waals surface area contributed by atoms with Crippen LogP contribution in [0.15, 0.2) is 59.8 Å². The highest BCUT2D eigenvalue weighted by molar-refractivity contribution is 7.99. The number of primary amides is 1. The normalized spacial score (nSPS) is 10.6. The quantitative estimate of drug-likeness (QED) is 0.450. The van der Waals surface area contributed by atoms with E-state index >= 15 is 0 Å². The number of hydrogen-bond donors (Lipinski definition) is 2. The summed E-state index contributed by atoms with van der Waals surface area (Å²) >= 11 is 1.37. The van der Waals surface area contributed by atoms with Gasteiger partial charge in [-0.2, -0.15) is 0 Å². The Bertz CT molecular complexity index is 954. The van der Waals surface area contributed by atoms with Crippen LogP contribution in [-0.2, 0) is 13.0 Å². The SMILES string of the molecule is CCn1c(Cc2ccccc2)nnc1SCC(=O)c1ccc(NC(N)=O)cc1. The van der Waals surface area contributed by atoms with Crippen LogP contribution in [0.4, 0.5) is 10.5 Å². The lowest BCUT2D eigenvalue weighted by molar-refractivity contribution is 0.102. The second-order valence-electron chi connectivity index (χ2n) is 6.08. The van der Waals surface area contributed by atoms with Gasteiger partial charge in [0.05, 0.1) is 5.75 Å². The molecule has 0 aliphatic carbocycles. The van der Waals surface area contributed by atoms with Gasteiger partial charge in [-0.3, -0.25) is 4.79 Å². The number of carbonyl (C=O) groups excluding carboxylic acids is 2. The maximum absolute atomic E-state index is 12.5. The second kappa shape index (κ2) is 9.18. The Morgan fingerprint density at radius 3 is 2.43 bits per heavy atom. The Labute approximate surface area is 167 Å². The molecule has 0 radical (unpaired) electrons. The predicted octanol–water partition coefficient (Wildman–Crippen LogP) is 3.35. The van der Waals surface area contributed by atoms with E-state index in [1.54, 1.807) is 24.3 Å². The van der Waals surface area contributed by atoms with Crippen LogP contribution >= 0.6 is 11.8 Å². The molecule has 0 bridgehead atoms. The summed E-state index contributed by atoms with van der Waals surface area (Å²) in [7, 11) is 0. The van der Waals surface area contributed by atoms with Gasteiger partial charge in [0.25, 0.3) is 0 Å². The molecular weight excluding hydrogens is 374 g/mol. The Morgan fingerprint density at radius 1 is 1.07 bits per heavy atom. The number of carbonyl (C=O) groups is 2. The molecule has 2 amide bonds. The summed E-state index contributed by atoms with van der Waals surface area (Å²) in [6.07, 6.45) is 0.699. The van der Waals surface area contributed by atoms with Crippen LogP contribution in [0.5, 0.6) is 0 Å². The zero-order chi connectivity index (χ0) is 19.9. The molecule has 0 fully saturated rings. The van der Waals surface area contributed by atoms with Crippen molar-refractivity contribution in [3.05, 3.63) is 71.5 Å². The van der Waals surface area contributed by atoms with Gasteiger partial charge in [-0.1, -0.05) is 42.1 Å². The van der Waals surface area contributed by atoms with Crippen molar-refractivity contribution in [1.29, 1.82) is 0 Å². The van der Waals surface area contributed by atoms with Gasteiger partial charge in [-0.15, -0.1) is 10.2 Å². The molecule has 0 unspecified atom stereocenters. The minimum Gasteiger partial charge on any atom is -0.351 e. The fourth-order valence-corrected chi connectivity index (χ4v) is 3.66. The van der Waals surface area contributed by atoms with Gasteiger partial charge in [0.1, 0.15) is 5.82 Å². The number of ketones is 1. The van der Waals surface area contributed by atoms with E-state index in [0.717, 1.165) is 17.5 Å². The first-order valence-electron chi connectivity index (χ1n) is 8.85. The molecule has 144 valence electrons. The van der Waals surface area contributed by atoms with Gasteiger partial charge in [-0.05, 0) is 36.8 Å². The zero-order valence-electron chi connectivity index (χ0n) is 15.5. The Morgan fingerprint density at radius 2 is 1.79 bits per heavy atom. The van der Waals surface area contributed by atoms with Gasteiger partial charge in [0.2, 0.25) is 0 Å². The Kier molecular flexibility index (Phi) is 6.44. The van der Waals surface area contributed by atoms with Gasteiger partial charge < -0.3 is 15.6 Å². The number of Topliss-reactive ketones (excluding diaryl/α,β-unsaturated/α-hetero) is 1. The van der Waals surface area contributed by atoms with E-state index in [9.17, 15) is 9.59 Å². The lowest BCUT2D eigenvalue weighted by Crippen LogP contribution is -2.19. The van der Waals surface area contributed by atoms with Crippen LogP contribution in [0.1, 0.15) is 28.7 Å². The molecule has 0 spiro atoms. The third kappa shape index (κ3) is 4.98. The van der Waals surface area contributed by atoms with Crippen molar-refractivity contribution in [2.24, 2.45) is 5.73 Å². The molecule has 1 heterocycles. The van der Waals surface area contributed by atoms with Gasteiger partial charge in [0, 0.05) is 24.2 Å². The monoisotopic (exact) mass is 395 g/mol. The first-order valence-corrected chi connectivity index (χ1v) is 9.84. The number of benzene rings is 2. The number of nitrogens with zero attached hydrogens (tertiary/aromatic N) is 3. The van der Waals surface area contributed by atoms with Crippen molar-refractivity contribution in [2.45, 2.75) is 25.0 Å². The van der Waals surface area contributed by atoms with E-state index in [1.807, 2.05) is 29.7 Å². The number of rotatable bonds is 8. The van der Waals surface area contributed by atoms with Gasteiger partial charge in [0.15, 0.2) is 10.9 Å². The molecule has 3 aromatic rings. The van der Waals surface area contributed by atoms with E-state index in [4.69, 9.17) is 5.73 Å². The third-order valence-corrected chi connectivity index (χ3v) is 5.09. The molecule has 0 saturated carbocycles. The third-order valence-electron chi connectivity index (χ3n) is 4.12. The summed E-state index contributed by atoms with van der Waals surface area (Å²) < 4.78 is 2.03. The first kappa shape index (κ1) is 19.6. The van der Waals surface area contributed by atoms with Crippen molar-refractivity contribution in [2.75, 3.05) is 11.1 Å². The molecule has 0 saturated heterocycles. The second-order valence-corrected chi connectivity index (χ2v) is 7.03. The van der Waals surface area contributed by atoms with Crippen LogP contribution in [0, 0.1) is 0 Å².